The number of phenols is 1. The van der Waals surface area contributed by atoms with Gasteiger partial charge in [0.1, 0.15) is 11.7 Å². The molecule has 0 aromatic heterocycles. The summed E-state index contributed by atoms with van der Waals surface area (Å²) in [7, 11) is 0. The van der Waals surface area contributed by atoms with Crippen molar-refractivity contribution in [1.82, 2.24) is 0 Å². The van der Waals surface area contributed by atoms with Crippen LogP contribution in [0.5, 0.6) is 5.75 Å². The molecule has 1 N–H and O–H groups in total. The van der Waals surface area contributed by atoms with Gasteiger partial charge in [0, 0.05) is 29.3 Å². The first-order valence-electron chi connectivity index (χ1n) is 10.5. The van der Waals surface area contributed by atoms with Crippen LogP contribution in [0.2, 0.25) is 0 Å². The Morgan fingerprint density at radius 1 is 1.28 bits per heavy atom. The molecule has 5 nitrogen and oxygen atoms in total. The largest absolute Gasteiger partial charge is 0.508 e. The lowest BCUT2D eigenvalue weighted by atomic mass is 9.67. The number of aromatic hydroxyl groups is 1. The number of aliphatic imine (C=N–C) groups is 1. The Balaban J connectivity index is 2.02. The van der Waals surface area contributed by atoms with Crippen molar-refractivity contribution in [2.45, 2.75) is 65.7 Å². The van der Waals surface area contributed by atoms with E-state index in [0.717, 1.165) is 30.5 Å². The minimum atomic E-state index is -0.651. The lowest BCUT2D eigenvalue weighted by Crippen LogP contribution is -2.39. The molecular formula is C24H31NO4. The summed E-state index contributed by atoms with van der Waals surface area (Å²) in [5.74, 6) is -1.33. The number of carbonyl (C=O) groups is 2. The molecule has 0 amide bonds. The number of esters is 1. The van der Waals surface area contributed by atoms with Crippen LogP contribution in [0.15, 0.2) is 40.5 Å². The number of allylic oxidation sites excluding steroid dienone is 2. The number of hydrogen-bond acceptors (Lipinski definition) is 5. The average molecular weight is 398 g/mol. The van der Waals surface area contributed by atoms with Crippen molar-refractivity contribution in [2.24, 2.45) is 16.3 Å². The summed E-state index contributed by atoms with van der Waals surface area (Å²) < 4.78 is 5.58. The summed E-state index contributed by atoms with van der Waals surface area (Å²) >= 11 is 0. The third-order valence-electron chi connectivity index (χ3n) is 5.78. The summed E-state index contributed by atoms with van der Waals surface area (Å²) in [6.07, 6.45) is 3.99. The number of benzene rings is 1. The van der Waals surface area contributed by atoms with E-state index in [1.54, 1.807) is 18.2 Å². The van der Waals surface area contributed by atoms with Crippen molar-refractivity contribution in [3.05, 3.63) is 41.1 Å². The fourth-order valence-corrected chi connectivity index (χ4v) is 4.44. The molecule has 5 heteroatoms. The molecule has 0 fully saturated rings. The smallest absolute Gasteiger partial charge is 0.315 e. The Hall–Kier alpha value is -2.43. The number of ketones is 1. The molecule has 2 atom stereocenters. The van der Waals surface area contributed by atoms with Crippen LogP contribution in [0.3, 0.4) is 0 Å². The van der Waals surface area contributed by atoms with Crippen LogP contribution in [0, 0.1) is 11.3 Å². The third kappa shape index (κ3) is 4.60. The highest BCUT2D eigenvalue weighted by molar-refractivity contribution is 6.09. The first kappa shape index (κ1) is 21.3. The van der Waals surface area contributed by atoms with Gasteiger partial charge in [-0.15, -0.1) is 0 Å². The molecule has 0 saturated heterocycles. The van der Waals surface area contributed by atoms with Crippen LogP contribution in [0.4, 0.5) is 0 Å². The molecular weight excluding hydrogens is 366 g/mol. The molecule has 1 aliphatic carbocycles. The van der Waals surface area contributed by atoms with Gasteiger partial charge in [0.15, 0.2) is 5.78 Å². The van der Waals surface area contributed by atoms with Crippen molar-refractivity contribution in [3.63, 3.8) is 0 Å². The second-order valence-corrected chi connectivity index (χ2v) is 8.98. The maximum Gasteiger partial charge on any atom is 0.315 e. The molecule has 0 radical (unpaired) electrons. The molecule has 1 aromatic rings. The zero-order valence-electron chi connectivity index (χ0n) is 17.8. The Kier molecular flexibility index (Phi) is 6.25. The normalized spacial score (nSPS) is 23.4. The van der Waals surface area contributed by atoms with Gasteiger partial charge in [-0.2, -0.15) is 0 Å². The van der Waals surface area contributed by atoms with E-state index in [1.165, 1.54) is 0 Å². The molecule has 2 aliphatic rings. The molecule has 0 spiro atoms. The van der Waals surface area contributed by atoms with Gasteiger partial charge in [-0.1, -0.05) is 45.7 Å². The molecule has 1 aromatic carbocycles. The maximum atomic E-state index is 13.1. The van der Waals surface area contributed by atoms with Crippen molar-refractivity contribution in [2.75, 3.05) is 6.61 Å². The van der Waals surface area contributed by atoms with Gasteiger partial charge in [-0.05, 0) is 42.9 Å². The van der Waals surface area contributed by atoms with Gasteiger partial charge < -0.3 is 9.84 Å². The summed E-state index contributed by atoms with van der Waals surface area (Å²) in [5.41, 5.74) is 2.64. The lowest BCUT2D eigenvalue weighted by Gasteiger charge is -2.39. The monoisotopic (exact) mass is 397 g/mol. The molecule has 29 heavy (non-hydrogen) atoms. The highest BCUT2D eigenvalue weighted by atomic mass is 16.5. The van der Waals surface area contributed by atoms with Gasteiger partial charge in [0.05, 0.1) is 6.61 Å². The minimum absolute atomic E-state index is 0.0321. The summed E-state index contributed by atoms with van der Waals surface area (Å²) in [6.45, 7) is 8.44. The fourth-order valence-electron chi connectivity index (χ4n) is 4.44. The first-order valence-corrected chi connectivity index (χ1v) is 10.5. The predicted molar refractivity (Wildman–Crippen MR) is 113 cm³/mol. The summed E-state index contributed by atoms with van der Waals surface area (Å²) in [6, 6.07) is 6.83. The minimum Gasteiger partial charge on any atom is -0.508 e. The van der Waals surface area contributed by atoms with Crippen molar-refractivity contribution in [1.29, 1.82) is 0 Å². The molecule has 1 unspecified atom stereocenters. The standard InChI is InChI=1S/C24H31NO4/c1-5-6-7-11-29-23(28)20-15(2)25-18-13-24(3,4)14-19(27)22(18)21(20)16-9-8-10-17(26)12-16/h8-10,12,20-21,26H,5-7,11,13-14H2,1-4H3/t20?,21-/m0/s1. The zero-order chi connectivity index (χ0) is 21.2. The summed E-state index contributed by atoms with van der Waals surface area (Å²) in [5, 5.41) is 10.0. The van der Waals surface area contributed by atoms with Gasteiger partial charge in [0.25, 0.3) is 0 Å². The van der Waals surface area contributed by atoms with E-state index in [2.05, 4.69) is 20.8 Å². The fraction of sp³-hybridized carbons (Fsp3) is 0.542. The number of nitrogens with zero attached hydrogens (tertiary/aromatic N) is 1. The number of hydrogen-bond donors (Lipinski definition) is 1. The lowest BCUT2D eigenvalue weighted by molar-refractivity contribution is -0.146. The Morgan fingerprint density at radius 2 is 2.03 bits per heavy atom. The number of ether oxygens (including phenoxy) is 1. The van der Waals surface area contributed by atoms with Crippen LogP contribution in [-0.4, -0.2) is 29.2 Å². The zero-order valence-corrected chi connectivity index (χ0v) is 17.8. The number of Topliss-reactive ketones (excluding diaryl/α,β-unsaturated/α-hetero) is 1. The second kappa shape index (κ2) is 8.52. The molecule has 3 rings (SSSR count). The molecule has 1 aliphatic heterocycles. The maximum absolute atomic E-state index is 13.1. The number of carbonyl (C=O) groups excluding carboxylic acids is 2. The Bertz CT molecular complexity index is 865. The van der Waals surface area contributed by atoms with Crippen LogP contribution >= 0.6 is 0 Å². The first-order chi connectivity index (χ1) is 13.7. The van der Waals surface area contributed by atoms with E-state index in [1.807, 2.05) is 13.0 Å². The van der Waals surface area contributed by atoms with Gasteiger partial charge >= 0.3 is 5.97 Å². The Labute approximate surface area is 172 Å². The molecule has 1 heterocycles. The molecule has 0 bridgehead atoms. The van der Waals surface area contributed by atoms with Crippen LogP contribution in [-0.2, 0) is 14.3 Å². The van der Waals surface area contributed by atoms with Crippen LogP contribution in [0.1, 0.15) is 71.3 Å². The SMILES string of the molecule is CCCCCOC(=O)C1C(C)=NC2=C(C(=O)CC(C)(C)C2)[C@H]1c1cccc(O)c1. The predicted octanol–water partition coefficient (Wildman–Crippen LogP) is 4.94. The molecule has 156 valence electrons. The van der Waals surface area contributed by atoms with E-state index in [0.29, 0.717) is 30.7 Å². The van der Waals surface area contributed by atoms with E-state index in [9.17, 15) is 14.7 Å². The van der Waals surface area contributed by atoms with Gasteiger partial charge in [0.2, 0.25) is 0 Å². The highest BCUT2D eigenvalue weighted by Crippen LogP contribution is 2.48. The quantitative estimate of drug-likeness (QED) is 0.545. The van der Waals surface area contributed by atoms with Gasteiger partial charge in [-0.3, -0.25) is 14.6 Å². The average Bonchev–Trinajstić information content (AvgIpc) is 2.63. The number of rotatable bonds is 6. The number of unbranched alkanes of at least 4 members (excludes halogenated alkanes) is 2. The van der Waals surface area contributed by atoms with E-state index in [4.69, 9.17) is 9.73 Å². The summed E-state index contributed by atoms with van der Waals surface area (Å²) in [4.78, 5) is 30.9. The van der Waals surface area contributed by atoms with Crippen LogP contribution in [0.25, 0.3) is 0 Å². The van der Waals surface area contributed by atoms with Crippen molar-refractivity contribution < 1.29 is 19.4 Å². The van der Waals surface area contributed by atoms with Crippen molar-refractivity contribution in [3.8, 4) is 5.75 Å². The van der Waals surface area contributed by atoms with Crippen molar-refractivity contribution >= 4 is 17.5 Å². The van der Waals surface area contributed by atoms with Crippen LogP contribution < -0.4 is 0 Å². The van der Waals surface area contributed by atoms with E-state index < -0.39 is 11.8 Å². The Morgan fingerprint density at radius 3 is 2.72 bits per heavy atom. The third-order valence-corrected chi connectivity index (χ3v) is 5.78. The van der Waals surface area contributed by atoms with E-state index >= 15 is 0 Å². The second-order valence-electron chi connectivity index (χ2n) is 8.98. The highest BCUT2D eigenvalue weighted by Gasteiger charge is 2.46. The molecule has 0 saturated carbocycles. The van der Waals surface area contributed by atoms with E-state index in [-0.39, 0.29) is 22.9 Å². The van der Waals surface area contributed by atoms with Gasteiger partial charge in [-0.25, -0.2) is 0 Å². The number of phenolic OH excluding ortho intramolecular Hbond substituents is 1. The topological polar surface area (TPSA) is 76.0 Å².